The minimum Gasteiger partial charge on any atom is -0.393 e. The molecule has 1 fully saturated rings. The van der Waals surface area contributed by atoms with Crippen molar-refractivity contribution in [1.82, 2.24) is 10.2 Å². The Balaban J connectivity index is 1.54. The van der Waals surface area contributed by atoms with Gasteiger partial charge in [-0.15, -0.1) is 0 Å². The Morgan fingerprint density at radius 1 is 1.10 bits per heavy atom. The van der Waals surface area contributed by atoms with E-state index in [-0.39, 0.29) is 18.6 Å². The van der Waals surface area contributed by atoms with Gasteiger partial charge < -0.3 is 10.4 Å². The Hall–Kier alpha value is -2.42. The van der Waals surface area contributed by atoms with E-state index >= 15 is 0 Å². The number of hydrogen-bond donors (Lipinski definition) is 2. The van der Waals surface area contributed by atoms with Gasteiger partial charge in [-0.25, -0.2) is 8.42 Å². The van der Waals surface area contributed by atoms with Crippen LogP contribution in [0.25, 0.3) is 0 Å². The van der Waals surface area contributed by atoms with Crippen molar-refractivity contribution in [2.45, 2.75) is 39.0 Å². The fourth-order valence-corrected chi connectivity index (χ4v) is 4.62. The lowest BCUT2D eigenvalue weighted by Crippen LogP contribution is -2.40. The number of likely N-dealkylation sites (tertiary alicyclic amines) is 1. The smallest absolute Gasteiger partial charge is 0.241 e. The van der Waals surface area contributed by atoms with E-state index in [0.717, 1.165) is 54.2 Å². The number of hydrogen-bond acceptors (Lipinski definition) is 5. The Labute approximate surface area is 184 Å². The van der Waals surface area contributed by atoms with Crippen LogP contribution in [0.5, 0.6) is 0 Å². The zero-order valence-electron chi connectivity index (χ0n) is 18.1. The second-order valence-electron chi connectivity index (χ2n) is 8.16. The molecule has 3 rings (SSSR count). The van der Waals surface area contributed by atoms with Crippen LogP contribution in [0, 0.1) is 6.92 Å². The van der Waals surface area contributed by atoms with Crippen LogP contribution in [-0.2, 0) is 27.9 Å². The summed E-state index contributed by atoms with van der Waals surface area (Å²) < 4.78 is 25.6. The summed E-state index contributed by atoms with van der Waals surface area (Å²) in [6, 6.07) is 15.1. The SMILES string of the molecule is Cc1ccccc1N(CC(=O)NCc1ccc(CN2CCC(O)CC2)cc1)S(C)(=O)=O. The summed E-state index contributed by atoms with van der Waals surface area (Å²) in [5.41, 5.74) is 3.44. The van der Waals surface area contributed by atoms with E-state index in [0.29, 0.717) is 12.2 Å². The summed E-state index contributed by atoms with van der Waals surface area (Å²) in [4.78, 5) is 14.8. The van der Waals surface area contributed by atoms with Gasteiger partial charge in [0, 0.05) is 26.2 Å². The van der Waals surface area contributed by atoms with Crippen molar-refractivity contribution < 1.29 is 18.3 Å². The molecule has 0 radical (unpaired) electrons. The Kier molecular flexibility index (Phi) is 7.69. The molecular formula is C23H31N3O4S. The summed E-state index contributed by atoms with van der Waals surface area (Å²) >= 11 is 0. The summed E-state index contributed by atoms with van der Waals surface area (Å²) in [5, 5.41) is 12.4. The van der Waals surface area contributed by atoms with Crippen molar-refractivity contribution in [3.05, 3.63) is 65.2 Å². The highest BCUT2D eigenvalue weighted by Crippen LogP contribution is 2.21. The topological polar surface area (TPSA) is 89.9 Å². The first-order valence-corrected chi connectivity index (χ1v) is 12.4. The van der Waals surface area contributed by atoms with E-state index in [9.17, 15) is 18.3 Å². The highest BCUT2D eigenvalue weighted by Gasteiger charge is 2.22. The lowest BCUT2D eigenvalue weighted by Gasteiger charge is -2.29. The summed E-state index contributed by atoms with van der Waals surface area (Å²) in [6.45, 7) is 4.54. The highest BCUT2D eigenvalue weighted by atomic mass is 32.2. The Morgan fingerprint density at radius 3 is 2.32 bits per heavy atom. The number of piperidine rings is 1. The molecule has 0 saturated carbocycles. The Morgan fingerprint density at radius 2 is 1.71 bits per heavy atom. The summed E-state index contributed by atoms with van der Waals surface area (Å²) in [5.74, 6) is -0.357. The van der Waals surface area contributed by atoms with Gasteiger partial charge in [0.2, 0.25) is 15.9 Å². The molecule has 31 heavy (non-hydrogen) atoms. The minimum absolute atomic E-state index is 0.174. The molecule has 1 aliphatic rings. The molecule has 0 bridgehead atoms. The molecule has 7 nitrogen and oxygen atoms in total. The number of carbonyl (C=O) groups excluding carboxylic acids is 1. The van der Waals surface area contributed by atoms with Crippen molar-refractivity contribution in [2.24, 2.45) is 0 Å². The van der Waals surface area contributed by atoms with Crippen LogP contribution in [0.2, 0.25) is 0 Å². The molecule has 0 aromatic heterocycles. The molecule has 0 atom stereocenters. The zero-order chi connectivity index (χ0) is 22.4. The molecule has 168 valence electrons. The van der Waals surface area contributed by atoms with Crippen molar-refractivity contribution in [1.29, 1.82) is 0 Å². The van der Waals surface area contributed by atoms with Gasteiger partial charge in [0.05, 0.1) is 18.0 Å². The first-order valence-electron chi connectivity index (χ1n) is 10.5. The third kappa shape index (κ3) is 6.78. The number of para-hydroxylation sites is 1. The zero-order valence-corrected chi connectivity index (χ0v) is 18.9. The number of carbonyl (C=O) groups is 1. The molecule has 1 heterocycles. The molecule has 8 heteroatoms. The normalized spacial score (nSPS) is 15.6. The van der Waals surface area contributed by atoms with E-state index in [4.69, 9.17) is 0 Å². The third-order valence-corrected chi connectivity index (χ3v) is 6.67. The number of rotatable bonds is 8. The van der Waals surface area contributed by atoms with Gasteiger partial charge in [-0.1, -0.05) is 42.5 Å². The first kappa shape index (κ1) is 23.2. The van der Waals surface area contributed by atoms with Crippen LogP contribution in [0.15, 0.2) is 48.5 Å². The first-order chi connectivity index (χ1) is 14.7. The maximum Gasteiger partial charge on any atom is 0.241 e. The number of amides is 1. The van der Waals surface area contributed by atoms with Crippen molar-refractivity contribution in [3.63, 3.8) is 0 Å². The van der Waals surface area contributed by atoms with E-state index in [1.807, 2.05) is 43.3 Å². The number of nitrogens with zero attached hydrogens (tertiary/aromatic N) is 2. The molecule has 1 amide bonds. The average Bonchev–Trinajstić information content (AvgIpc) is 2.73. The minimum atomic E-state index is -3.59. The largest absolute Gasteiger partial charge is 0.393 e. The molecule has 0 unspecified atom stereocenters. The second-order valence-corrected chi connectivity index (χ2v) is 10.1. The van der Waals surface area contributed by atoms with Gasteiger partial charge in [0.15, 0.2) is 0 Å². The molecule has 2 aromatic rings. The van der Waals surface area contributed by atoms with Crippen LogP contribution in [0.3, 0.4) is 0 Å². The number of benzene rings is 2. The molecule has 2 N–H and O–H groups in total. The fraction of sp³-hybridized carbons (Fsp3) is 0.435. The van der Waals surface area contributed by atoms with Gasteiger partial charge in [-0.3, -0.25) is 14.0 Å². The summed E-state index contributed by atoms with van der Waals surface area (Å²) in [7, 11) is -3.59. The number of aryl methyl sites for hydroxylation is 1. The standard InChI is InChI=1S/C23H31N3O4S/c1-18-5-3-4-6-22(18)26(31(2,29)30)17-23(28)24-15-19-7-9-20(10-8-19)16-25-13-11-21(27)12-14-25/h3-10,21,27H,11-17H2,1-2H3,(H,24,28). The maximum atomic E-state index is 12.5. The van der Waals surface area contributed by atoms with Crippen LogP contribution < -0.4 is 9.62 Å². The van der Waals surface area contributed by atoms with Gasteiger partial charge in [-0.2, -0.15) is 0 Å². The molecule has 2 aromatic carbocycles. The molecule has 0 spiro atoms. The van der Waals surface area contributed by atoms with Gasteiger partial charge in [-0.05, 0) is 42.5 Å². The number of anilines is 1. The van der Waals surface area contributed by atoms with Gasteiger partial charge >= 0.3 is 0 Å². The highest BCUT2D eigenvalue weighted by molar-refractivity contribution is 7.92. The number of nitrogens with one attached hydrogen (secondary N) is 1. The van der Waals surface area contributed by atoms with Crippen LogP contribution in [0.1, 0.15) is 29.5 Å². The number of aliphatic hydroxyl groups is 1. The molecule has 0 aliphatic carbocycles. The van der Waals surface area contributed by atoms with Crippen molar-refractivity contribution in [2.75, 3.05) is 30.2 Å². The second kappa shape index (κ2) is 10.3. The molecular weight excluding hydrogens is 414 g/mol. The Bertz CT molecular complexity index is 984. The summed E-state index contributed by atoms with van der Waals surface area (Å²) in [6.07, 6.45) is 2.56. The lowest BCUT2D eigenvalue weighted by molar-refractivity contribution is -0.119. The van der Waals surface area contributed by atoms with E-state index in [1.165, 1.54) is 5.56 Å². The average molecular weight is 446 g/mol. The predicted molar refractivity (Wildman–Crippen MR) is 122 cm³/mol. The third-order valence-electron chi connectivity index (χ3n) is 5.55. The molecule has 1 aliphatic heterocycles. The molecule has 1 saturated heterocycles. The van der Waals surface area contributed by atoms with E-state index < -0.39 is 10.0 Å². The van der Waals surface area contributed by atoms with Crippen LogP contribution in [0.4, 0.5) is 5.69 Å². The fourth-order valence-electron chi connectivity index (χ4n) is 3.71. The van der Waals surface area contributed by atoms with Gasteiger partial charge in [0.25, 0.3) is 0 Å². The number of aliphatic hydroxyl groups excluding tert-OH is 1. The monoisotopic (exact) mass is 445 g/mol. The van der Waals surface area contributed by atoms with Crippen molar-refractivity contribution >= 4 is 21.6 Å². The maximum absolute atomic E-state index is 12.5. The van der Waals surface area contributed by atoms with E-state index in [2.05, 4.69) is 10.2 Å². The van der Waals surface area contributed by atoms with Crippen LogP contribution >= 0.6 is 0 Å². The van der Waals surface area contributed by atoms with Crippen LogP contribution in [-0.4, -0.2) is 56.3 Å². The van der Waals surface area contributed by atoms with Gasteiger partial charge in [0.1, 0.15) is 6.54 Å². The quantitative estimate of drug-likeness (QED) is 0.649. The lowest BCUT2D eigenvalue weighted by atomic mass is 10.1. The predicted octanol–water partition coefficient (Wildman–Crippen LogP) is 2.03. The van der Waals surface area contributed by atoms with Crippen molar-refractivity contribution in [3.8, 4) is 0 Å². The van der Waals surface area contributed by atoms with E-state index in [1.54, 1.807) is 12.1 Å². The number of sulfonamides is 1.